The van der Waals surface area contributed by atoms with Crippen molar-refractivity contribution in [2.24, 2.45) is 17.8 Å². The monoisotopic (exact) mass is 253 g/mol. The molecule has 0 spiro atoms. The van der Waals surface area contributed by atoms with Gasteiger partial charge < -0.3 is 10.1 Å². The van der Waals surface area contributed by atoms with Gasteiger partial charge in [0.15, 0.2) is 0 Å². The molecule has 5 atom stereocenters. The summed E-state index contributed by atoms with van der Waals surface area (Å²) >= 11 is 0. The minimum Gasteiger partial charge on any atom is -0.378 e. The van der Waals surface area contributed by atoms with Gasteiger partial charge in [0, 0.05) is 18.6 Å². The second-order valence-corrected chi connectivity index (χ2v) is 6.23. The lowest BCUT2D eigenvalue weighted by Crippen LogP contribution is -2.47. The van der Waals surface area contributed by atoms with Gasteiger partial charge in [-0.3, -0.25) is 0 Å². The molecule has 5 unspecified atom stereocenters. The zero-order valence-electron chi connectivity index (χ0n) is 12.5. The lowest BCUT2D eigenvalue weighted by Gasteiger charge is -2.41. The summed E-state index contributed by atoms with van der Waals surface area (Å²) in [6.07, 6.45) is 8.83. The molecule has 1 aliphatic carbocycles. The summed E-state index contributed by atoms with van der Waals surface area (Å²) in [7, 11) is 0. The molecule has 0 bridgehead atoms. The van der Waals surface area contributed by atoms with Crippen LogP contribution in [0.25, 0.3) is 0 Å². The van der Waals surface area contributed by atoms with Crippen LogP contribution in [0.2, 0.25) is 0 Å². The summed E-state index contributed by atoms with van der Waals surface area (Å²) in [5.74, 6) is 2.57. The van der Waals surface area contributed by atoms with E-state index in [1.54, 1.807) is 0 Å². The predicted octanol–water partition coefficient (Wildman–Crippen LogP) is 3.61. The Balaban J connectivity index is 2.07. The van der Waals surface area contributed by atoms with Gasteiger partial charge in [0.1, 0.15) is 0 Å². The molecule has 0 aromatic rings. The van der Waals surface area contributed by atoms with Crippen molar-refractivity contribution in [2.45, 2.75) is 71.4 Å². The molecule has 0 aromatic heterocycles. The molecule has 1 saturated heterocycles. The highest BCUT2D eigenvalue weighted by atomic mass is 16.5. The Morgan fingerprint density at radius 3 is 2.50 bits per heavy atom. The summed E-state index contributed by atoms with van der Waals surface area (Å²) in [6.45, 7) is 8.96. The molecule has 2 fully saturated rings. The third-order valence-corrected chi connectivity index (χ3v) is 5.29. The average molecular weight is 253 g/mol. The van der Waals surface area contributed by atoms with Crippen LogP contribution in [0, 0.1) is 17.8 Å². The first-order valence-corrected chi connectivity index (χ1v) is 8.12. The SMILES string of the molecule is CCNC(C1CCCCC1CC)C1CCOC1C. The average Bonchev–Trinajstić information content (AvgIpc) is 2.82. The van der Waals surface area contributed by atoms with E-state index in [1.807, 2.05) is 0 Å². The molecule has 106 valence electrons. The number of hydrogen-bond acceptors (Lipinski definition) is 2. The third kappa shape index (κ3) is 3.08. The van der Waals surface area contributed by atoms with Gasteiger partial charge in [-0.05, 0) is 38.1 Å². The van der Waals surface area contributed by atoms with E-state index in [1.165, 1.54) is 38.5 Å². The van der Waals surface area contributed by atoms with Crippen molar-refractivity contribution in [3.8, 4) is 0 Å². The Kier molecular flexibility index (Phi) is 5.50. The molecule has 2 nitrogen and oxygen atoms in total. The first kappa shape index (κ1) is 14.3. The molecular formula is C16H31NO. The van der Waals surface area contributed by atoms with Crippen LogP contribution in [0.15, 0.2) is 0 Å². The Morgan fingerprint density at radius 1 is 1.11 bits per heavy atom. The molecule has 2 rings (SSSR count). The van der Waals surface area contributed by atoms with E-state index >= 15 is 0 Å². The second kappa shape index (κ2) is 6.91. The van der Waals surface area contributed by atoms with Gasteiger partial charge in [-0.25, -0.2) is 0 Å². The Labute approximate surface area is 113 Å². The Bertz CT molecular complexity index is 243. The number of hydrogen-bond donors (Lipinski definition) is 1. The maximum atomic E-state index is 5.81. The minimum atomic E-state index is 0.452. The molecule has 2 heteroatoms. The molecular weight excluding hydrogens is 222 g/mol. The standard InChI is InChI=1S/C16H31NO/c1-4-13-8-6-7-9-15(13)16(17-5-2)14-10-11-18-12(14)3/h12-17H,4-11H2,1-3H3. The number of rotatable bonds is 5. The second-order valence-electron chi connectivity index (χ2n) is 6.23. The van der Waals surface area contributed by atoms with Gasteiger partial charge in [-0.1, -0.05) is 39.5 Å². The van der Waals surface area contributed by atoms with Crippen LogP contribution in [-0.4, -0.2) is 25.3 Å². The maximum Gasteiger partial charge on any atom is 0.0590 e. The molecule has 18 heavy (non-hydrogen) atoms. The van der Waals surface area contributed by atoms with Gasteiger partial charge in [0.2, 0.25) is 0 Å². The first-order valence-electron chi connectivity index (χ1n) is 8.12. The van der Waals surface area contributed by atoms with Crippen LogP contribution in [0.1, 0.15) is 59.3 Å². The van der Waals surface area contributed by atoms with Crippen molar-refractivity contribution in [1.82, 2.24) is 5.32 Å². The fourth-order valence-electron chi connectivity index (χ4n) is 4.29. The van der Waals surface area contributed by atoms with Gasteiger partial charge in [-0.15, -0.1) is 0 Å². The van der Waals surface area contributed by atoms with Crippen LogP contribution in [-0.2, 0) is 4.74 Å². The van der Waals surface area contributed by atoms with Crippen LogP contribution in [0.3, 0.4) is 0 Å². The van der Waals surface area contributed by atoms with Gasteiger partial charge in [-0.2, -0.15) is 0 Å². The fourth-order valence-corrected chi connectivity index (χ4v) is 4.29. The highest BCUT2D eigenvalue weighted by Crippen LogP contribution is 2.39. The van der Waals surface area contributed by atoms with Crippen LogP contribution >= 0.6 is 0 Å². The van der Waals surface area contributed by atoms with E-state index in [0.29, 0.717) is 12.1 Å². The third-order valence-electron chi connectivity index (χ3n) is 5.29. The molecule has 1 heterocycles. The summed E-state index contributed by atoms with van der Waals surface area (Å²) < 4.78 is 5.81. The molecule has 0 aromatic carbocycles. The van der Waals surface area contributed by atoms with Crippen molar-refractivity contribution in [2.75, 3.05) is 13.2 Å². The molecule has 2 aliphatic rings. The van der Waals surface area contributed by atoms with E-state index in [9.17, 15) is 0 Å². The lowest BCUT2D eigenvalue weighted by atomic mass is 9.70. The fraction of sp³-hybridized carbons (Fsp3) is 1.00. The van der Waals surface area contributed by atoms with Crippen LogP contribution in [0.5, 0.6) is 0 Å². The van der Waals surface area contributed by atoms with Gasteiger partial charge in [0.05, 0.1) is 6.10 Å². The van der Waals surface area contributed by atoms with Gasteiger partial charge in [0.25, 0.3) is 0 Å². The zero-order chi connectivity index (χ0) is 13.0. The highest BCUT2D eigenvalue weighted by Gasteiger charge is 2.39. The first-order chi connectivity index (χ1) is 8.77. The summed E-state index contributed by atoms with van der Waals surface area (Å²) in [6, 6.07) is 0.692. The molecule has 1 aliphatic heterocycles. The smallest absolute Gasteiger partial charge is 0.0590 e. The lowest BCUT2D eigenvalue weighted by molar-refractivity contribution is 0.0684. The molecule has 1 N–H and O–H groups in total. The quantitative estimate of drug-likeness (QED) is 0.808. The highest BCUT2D eigenvalue weighted by molar-refractivity contribution is 4.92. The van der Waals surface area contributed by atoms with E-state index < -0.39 is 0 Å². The van der Waals surface area contributed by atoms with E-state index in [0.717, 1.165) is 30.9 Å². The van der Waals surface area contributed by atoms with E-state index in [4.69, 9.17) is 4.74 Å². The normalized spacial score (nSPS) is 38.8. The Morgan fingerprint density at radius 2 is 1.89 bits per heavy atom. The predicted molar refractivity (Wildman–Crippen MR) is 76.7 cm³/mol. The number of nitrogens with one attached hydrogen (secondary N) is 1. The molecule has 0 radical (unpaired) electrons. The van der Waals surface area contributed by atoms with E-state index in [-0.39, 0.29) is 0 Å². The van der Waals surface area contributed by atoms with Crippen molar-refractivity contribution in [3.05, 3.63) is 0 Å². The van der Waals surface area contributed by atoms with E-state index in [2.05, 4.69) is 26.1 Å². The summed E-state index contributed by atoms with van der Waals surface area (Å²) in [5, 5.41) is 3.81. The summed E-state index contributed by atoms with van der Waals surface area (Å²) in [5.41, 5.74) is 0. The van der Waals surface area contributed by atoms with Crippen molar-refractivity contribution in [1.29, 1.82) is 0 Å². The number of ether oxygens (including phenoxy) is 1. The molecule has 0 amide bonds. The molecule has 1 saturated carbocycles. The van der Waals surface area contributed by atoms with Crippen molar-refractivity contribution < 1.29 is 4.74 Å². The summed E-state index contributed by atoms with van der Waals surface area (Å²) in [4.78, 5) is 0. The zero-order valence-corrected chi connectivity index (χ0v) is 12.5. The maximum absolute atomic E-state index is 5.81. The van der Waals surface area contributed by atoms with Gasteiger partial charge >= 0.3 is 0 Å². The topological polar surface area (TPSA) is 21.3 Å². The Hall–Kier alpha value is -0.0800. The largest absolute Gasteiger partial charge is 0.378 e. The van der Waals surface area contributed by atoms with Crippen LogP contribution in [0.4, 0.5) is 0 Å². The van der Waals surface area contributed by atoms with Crippen molar-refractivity contribution >= 4 is 0 Å². The van der Waals surface area contributed by atoms with Crippen LogP contribution < -0.4 is 5.32 Å². The van der Waals surface area contributed by atoms with Crippen molar-refractivity contribution in [3.63, 3.8) is 0 Å². The minimum absolute atomic E-state index is 0.452.